The molecule has 2 N–H and O–H groups in total. The molecule has 0 saturated heterocycles. The minimum atomic E-state index is 0.594. The van der Waals surface area contributed by atoms with E-state index in [0.717, 1.165) is 17.1 Å². The Morgan fingerprint density at radius 3 is 2.86 bits per heavy atom. The molecule has 0 aliphatic rings. The number of hydrogen-bond donors (Lipinski definition) is 2. The number of nitrogens with zero attached hydrogens (tertiary/aromatic N) is 3. The topological polar surface area (TPSA) is 66.9 Å². The molecule has 6 heteroatoms. The van der Waals surface area contributed by atoms with Crippen LogP contribution in [0, 0.1) is 6.92 Å². The summed E-state index contributed by atoms with van der Waals surface area (Å²) in [7, 11) is 1.74. The molecule has 0 aliphatic carbocycles. The van der Waals surface area contributed by atoms with Crippen LogP contribution in [-0.2, 0) is 13.1 Å². The molecule has 0 unspecified atom stereocenters. The van der Waals surface area contributed by atoms with Gasteiger partial charge in [-0.1, -0.05) is 6.07 Å². The number of furan rings is 1. The summed E-state index contributed by atoms with van der Waals surface area (Å²) in [6, 6.07) is 7.86. The van der Waals surface area contributed by atoms with E-state index >= 15 is 0 Å². The smallest absolute Gasteiger partial charge is 0.191 e. The summed E-state index contributed by atoms with van der Waals surface area (Å²) in [5.74, 6) is 1.58. The zero-order chi connectivity index (χ0) is 15.4. The highest BCUT2D eigenvalue weighted by Crippen LogP contribution is 2.07. The van der Waals surface area contributed by atoms with Crippen LogP contribution in [0.5, 0.6) is 0 Å². The summed E-state index contributed by atoms with van der Waals surface area (Å²) in [5.41, 5.74) is 3.12. The standard InChI is InChI=1S/C16H19N5O/c1-12-5-6-15-20-13(11-21(15)10-12)8-18-16(17-2)19-9-14-4-3-7-22-14/h3-7,10-11H,8-9H2,1-2H3,(H2,17,18,19). The summed E-state index contributed by atoms with van der Waals surface area (Å²) in [6.07, 6.45) is 5.75. The van der Waals surface area contributed by atoms with Crippen LogP contribution in [0.15, 0.2) is 52.3 Å². The second-order valence-electron chi connectivity index (χ2n) is 5.06. The Hall–Kier alpha value is -2.76. The third-order valence-corrected chi connectivity index (χ3v) is 3.32. The van der Waals surface area contributed by atoms with Crippen molar-refractivity contribution < 1.29 is 4.42 Å². The van der Waals surface area contributed by atoms with Crippen LogP contribution in [0.1, 0.15) is 17.0 Å². The lowest BCUT2D eigenvalue weighted by molar-refractivity contribution is 0.501. The Bertz CT molecular complexity index is 773. The number of guanidine groups is 1. The van der Waals surface area contributed by atoms with Crippen molar-refractivity contribution >= 4 is 11.6 Å². The molecule has 0 spiro atoms. The molecule has 114 valence electrons. The number of nitrogens with one attached hydrogen (secondary N) is 2. The minimum Gasteiger partial charge on any atom is -0.467 e. The molecule has 0 atom stereocenters. The second-order valence-corrected chi connectivity index (χ2v) is 5.06. The Kier molecular flexibility index (Phi) is 4.09. The molecule has 3 aromatic heterocycles. The fraction of sp³-hybridized carbons (Fsp3) is 0.250. The van der Waals surface area contributed by atoms with Crippen LogP contribution in [-0.4, -0.2) is 22.4 Å². The van der Waals surface area contributed by atoms with Crippen LogP contribution in [0.25, 0.3) is 5.65 Å². The van der Waals surface area contributed by atoms with Crippen molar-refractivity contribution in [3.8, 4) is 0 Å². The average molecular weight is 297 g/mol. The normalized spacial score (nSPS) is 11.8. The van der Waals surface area contributed by atoms with E-state index in [4.69, 9.17) is 4.42 Å². The van der Waals surface area contributed by atoms with E-state index in [1.807, 2.05) is 28.8 Å². The number of aliphatic imine (C=N–C) groups is 1. The number of aryl methyl sites for hydroxylation is 1. The van der Waals surface area contributed by atoms with Gasteiger partial charge in [0.25, 0.3) is 0 Å². The van der Waals surface area contributed by atoms with Gasteiger partial charge in [-0.2, -0.15) is 0 Å². The number of rotatable bonds is 4. The van der Waals surface area contributed by atoms with E-state index in [2.05, 4.69) is 39.8 Å². The second kappa shape index (κ2) is 6.34. The maximum absolute atomic E-state index is 5.28. The van der Waals surface area contributed by atoms with Gasteiger partial charge in [-0.05, 0) is 30.7 Å². The van der Waals surface area contributed by atoms with Crippen LogP contribution in [0.3, 0.4) is 0 Å². The van der Waals surface area contributed by atoms with Gasteiger partial charge in [0.15, 0.2) is 5.96 Å². The summed E-state index contributed by atoms with van der Waals surface area (Å²) in [5, 5.41) is 6.44. The van der Waals surface area contributed by atoms with Gasteiger partial charge in [-0.15, -0.1) is 0 Å². The van der Waals surface area contributed by atoms with Crippen molar-refractivity contribution in [2.75, 3.05) is 7.05 Å². The Morgan fingerprint density at radius 2 is 2.09 bits per heavy atom. The molecule has 3 aromatic rings. The Morgan fingerprint density at radius 1 is 1.23 bits per heavy atom. The van der Waals surface area contributed by atoms with Gasteiger partial charge in [0.05, 0.1) is 25.0 Å². The predicted octanol–water partition coefficient (Wildman–Crippen LogP) is 2.10. The summed E-state index contributed by atoms with van der Waals surface area (Å²) in [4.78, 5) is 8.76. The lowest BCUT2D eigenvalue weighted by Gasteiger charge is -2.09. The third kappa shape index (κ3) is 3.28. The molecule has 6 nitrogen and oxygen atoms in total. The molecule has 0 aromatic carbocycles. The largest absolute Gasteiger partial charge is 0.467 e. The first kappa shape index (κ1) is 14.2. The maximum Gasteiger partial charge on any atom is 0.191 e. The number of pyridine rings is 1. The van der Waals surface area contributed by atoms with E-state index in [1.165, 1.54) is 5.56 Å². The van der Waals surface area contributed by atoms with E-state index < -0.39 is 0 Å². The van der Waals surface area contributed by atoms with Crippen molar-refractivity contribution in [2.24, 2.45) is 4.99 Å². The first-order valence-electron chi connectivity index (χ1n) is 7.16. The first-order valence-corrected chi connectivity index (χ1v) is 7.16. The number of fused-ring (bicyclic) bond motifs is 1. The van der Waals surface area contributed by atoms with Crippen LogP contribution < -0.4 is 10.6 Å². The van der Waals surface area contributed by atoms with E-state index in [0.29, 0.717) is 19.0 Å². The average Bonchev–Trinajstić information content (AvgIpc) is 3.16. The Balaban J connectivity index is 1.59. The maximum atomic E-state index is 5.28. The lowest BCUT2D eigenvalue weighted by Crippen LogP contribution is -2.36. The number of aromatic nitrogens is 2. The van der Waals surface area contributed by atoms with Crippen molar-refractivity contribution in [1.29, 1.82) is 0 Å². The monoisotopic (exact) mass is 297 g/mol. The van der Waals surface area contributed by atoms with Crippen molar-refractivity contribution in [3.63, 3.8) is 0 Å². The van der Waals surface area contributed by atoms with Gasteiger partial charge in [-0.25, -0.2) is 4.98 Å². The first-order chi connectivity index (χ1) is 10.7. The van der Waals surface area contributed by atoms with Crippen LogP contribution in [0.4, 0.5) is 0 Å². The zero-order valence-corrected chi connectivity index (χ0v) is 12.7. The van der Waals surface area contributed by atoms with E-state index in [-0.39, 0.29) is 0 Å². The fourth-order valence-electron chi connectivity index (χ4n) is 2.22. The highest BCUT2D eigenvalue weighted by atomic mass is 16.3. The van der Waals surface area contributed by atoms with Crippen LogP contribution >= 0.6 is 0 Å². The molecule has 0 radical (unpaired) electrons. The molecular weight excluding hydrogens is 278 g/mol. The summed E-state index contributed by atoms with van der Waals surface area (Å²) >= 11 is 0. The van der Waals surface area contributed by atoms with Gasteiger partial charge >= 0.3 is 0 Å². The number of hydrogen-bond acceptors (Lipinski definition) is 3. The van der Waals surface area contributed by atoms with Crippen molar-refractivity contribution in [1.82, 2.24) is 20.0 Å². The van der Waals surface area contributed by atoms with Gasteiger partial charge in [0.1, 0.15) is 11.4 Å². The molecule has 0 saturated carbocycles. The molecular formula is C16H19N5O. The molecule has 0 bridgehead atoms. The highest BCUT2D eigenvalue weighted by Gasteiger charge is 2.04. The van der Waals surface area contributed by atoms with Gasteiger partial charge < -0.3 is 19.5 Å². The SMILES string of the molecule is CN=C(NCc1cn2cc(C)ccc2n1)NCc1ccco1. The van der Waals surface area contributed by atoms with Crippen molar-refractivity contribution in [3.05, 3.63) is 59.9 Å². The van der Waals surface area contributed by atoms with Gasteiger partial charge in [0.2, 0.25) is 0 Å². The molecule has 0 fully saturated rings. The summed E-state index contributed by atoms with van der Waals surface area (Å²) < 4.78 is 7.31. The molecule has 22 heavy (non-hydrogen) atoms. The number of imidazole rings is 1. The molecule has 3 rings (SSSR count). The predicted molar refractivity (Wildman–Crippen MR) is 85.7 cm³/mol. The van der Waals surface area contributed by atoms with Gasteiger partial charge in [0, 0.05) is 19.4 Å². The lowest BCUT2D eigenvalue weighted by atomic mass is 10.3. The minimum absolute atomic E-state index is 0.594. The van der Waals surface area contributed by atoms with Crippen molar-refractivity contribution in [2.45, 2.75) is 20.0 Å². The quantitative estimate of drug-likeness (QED) is 0.572. The van der Waals surface area contributed by atoms with Crippen LogP contribution in [0.2, 0.25) is 0 Å². The molecule has 0 amide bonds. The van der Waals surface area contributed by atoms with E-state index in [1.54, 1.807) is 13.3 Å². The molecule has 3 heterocycles. The Labute approximate surface area is 128 Å². The highest BCUT2D eigenvalue weighted by molar-refractivity contribution is 5.79. The zero-order valence-electron chi connectivity index (χ0n) is 12.7. The van der Waals surface area contributed by atoms with Gasteiger partial charge in [-0.3, -0.25) is 4.99 Å². The third-order valence-electron chi connectivity index (χ3n) is 3.32. The summed E-state index contributed by atoms with van der Waals surface area (Å²) in [6.45, 7) is 3.27. The van der Waals surface area contributed by atoms with E-state index in [9.17, 15) is 0 Å². The molecule has 0 aliphatic heterocycles. The fourth-order valence-corrected chi connectivity index (χ4v) is 2.22.